The second-order valence-electron chi connectivity index (χ2n) is 29.8. The average Bonchev–Trinajstić information content (AvgIpc) is 1.62. The molecule has 1 aliphatic rings. The number of fused-ring (bicyclic) bond motifs is 7. The van der Waals surface area contributed by atoms with Gasteiger partial charge in [0, 0.05) is 172 Å². The largest absolute Gasteiger partial charge is 0.497 e. The number of aromatic nitrogens is 11. The Balaban J connectivity index is 0.000000129. The number of benzene rings is 8. The summed E-state index contributed by atoms with van der Waals surface area (Å²) in [4.78, 5) is 35.3. The molecular formula is C100H99N13O12. The Morgan fingerprint density at radius 2 is 0.928 bits per heavy atom. The molecule has 0 unspecified atom stereocenters. The molecule has 8 aromatic carbocycles. The molecule has 10 heterocycles. The fourth-order valence-electron chi connectivity index (χ4n) is 15.4. The maximum absolute atomic E-state index is 12.0. The number of methoxy groups -OCH3 is 5. The predicted molar refractivity (Wildman–Crippen MR) is 487 cm³/mol. The van der Waals surface area contributed by atoms with E-state index >= 15 is 0 Å². The van der Waals surface area contributed by atoms with Crippen LogP contribution in [0.1, 0.15) is 128 Å². The summed E-state index contributed by atoms with van der Waals surface area (Å²) in [6.45, 7) is 26.3. The van der Waals surface area contributed by atoms with Crippen molar-refractivity contribution in [3.63, 3.8) is 0 Å². The molecule has 0 saturated heterocycles. The van der Waals surface area contributed by atoms with Gasteiger partial charge in [0.25, 0.3) is 0 Å². The van der Waals surface area contributed by atoms with Gasteiger partial charge in [0.1, 0.15) is 35.1 Å². The van der Waals surface area contributed by atoms with Gasteiger partial charge in [-0.25, -0.2) is 14.4 Å². The molecule has 18 rings (SSSR count). The van der Waals surface area contributed by atoms with Gasteiger partial charge >= 0.3 is 17.9 Å². The van der Waals surface area contributed by atoms with Gasteiger partial charge in [0.15, 0.2) is 17.3 Å². The van der Waals surface area contributed by atoms with Crippen molar-refractivity contribution < 1.29 is 56.8 Å². The highest BCUT2D eigenvalue weighted by Crippen LogP contribution is 2.41. The van der Waals surface area contributed by atoms with Gasteiger partial charge in [-0.1, -0.05) is 86.4 Å². The number of nitriles is 2. The summed E-state index contributed by atoms with van der Waals surface area (Å²) in [5.41, 5.74) is 19.5. The van der Waals surface area contributed by atoms with Crippen molar-refractivity contribution in [1.29, 1.82) is 10.5 Å². The van der Waals surface area contributed by atoms with E-state index < -0.39 is 0 Å². The Labute approximate surface area is 724 Å². The molecule has 0 atom stereocenters. The summed E-state index contributed by atoms with van der Waals surface area (Å²) in [7, 11) is 7.77. The van der Waals surface area contributed by atoms with Crippen molar-refractivity contribution in [2.45, 2.75) is 114 Å². The lowest BCUT2D eigenvalue weighted by molar-refractivity contribution is 0.0526. The maximum atomic E-state index is 12.0. The van der Waals surface area contributed by atoms with Gasteiger partial charge in [-0.3, -0.25) is 10.2 Å². The molecule has 2 N–H and O–H groups in total. The Morgan fingerprint density at radius 3 is 1.40 bits per heavy atom. The molecule has 125 heavy (non-hydrogen) atoms. The Kier molecular flexibility index (Phi) is 27.6. The minimum Gasteiger partial charge on any atom is -0.497 e. The lowest BCUT2D eigenvalue weighted by Crippen LogP contribution is -2.10. The van der Waals surface area contributed by atoms with Crippen molar-refractivity contribution in [1.82, 2.24) is 53.0 Å². The molecular weight excluding hydrogens is 1580 g/mol. The van der Waals surface area contributed by atoms with Gasteiger partial charge in [-0.15, -0.1) is 0 Å². The van der Waals surface area contributed by atoms with Crippen LogP contribution in [-0.4, -0.2) is 120 Å². The summed E-state index contributed by atoms with van der Waals surface area (Å²) in [5, 5.41) is 43.2. The van der Waals surface area contributed by atoms with E-state index in [1.165, 1.54) is 36.2 Å². The molecule has 9 aromatic heterocycles. The van der Waals surface area contributed by atoms with E-state index in [1.54, 1.807) is 59.0 Å². The number of aromatic amines is 2. The number of ether oxygens (including phenoxy) is 8. The number of carbonyl (C=O) groups excluding carboxylic acids is 3. The van der Waals surface area contributed by atoms with E-state index in [2.05, 4.69) is 170 Å². The molecule has 0 amide bonds. The molecule has 0 aliphatic carbocycles. The third kappa shape index (κ3) is 18.4. The monoisotopic (exact) mass is 1670 g/mol. The SMILES string of the molecule is CCOC(=O)c1cn(CC)c2cc3c(cc12)OCO3.CCn1c(-c2ccc(C(C)(C)C)cc2)c(C#N)c2ccc(OC)cc21.CCn1c(C#Cc2ccccc2)c(C#N)c2ccc(OC)cc21.CCn1cc(-c2ccn[nH]2)c2ccc(C(=O)OC)cc21.CCn1cc(-c2ccn[nH]2)c2ccc(OC)cc21.CCn1cc(-c2ccno2)c2ccc(C(=O)OC)cc21. The first-order valence-electron chi connectivity index (χ1n) is 41.2. The van der Waals surface area contributed by atoms with E-state index in [0.717, 1.165) is 167 Å². The summed E-state index contributed by atoms with van der Waals surface area (Å²) in [6, 6.07) is 61.5. The molecule has 25 nitrogen and oxygen atoms in total. The zero-order valence-corrected chi connectivity index (χ0v) is 72.8. The maximum Gasteiger partial charge on any atom is 0.340 e. The third-order valence-electron chi connectivity index (χ3n) is 21.7. The van der Waals surface area contributed by atoms with Crippen LogP contribution in [0.4, 0.5) is 0 Å². The summed E-state index contributed by atoms with van der Waals surface area (Å²) >= 11 is 0. The highest BCUT2D eigenvalue weighted by atomic mass is 16.7. The molecule has 1 aliphatic heterocycles. The van der Waals surface area contributed by atoms with Gasteiger partial charge in [-0.05, 0) is 162 Å². The molecule has 25 heteroatoms. The van der Waals surface area contributed by atoms with E-state index in [-0.39, 0.29) is 30.1 Å². The lowest BCUT2D eigenvalue weighted by Gasteiger charge is -2.19. The normalized spacial score (nSPS) is 11.2. The molecule has 17 aromatic rings. The van der Waals surface area contributed by atoms with Crippen molar-refractivity contribution in [3.8, 4) is 97.8 Å². The molecule has 0 bridgehead atoms. The van der Waals surface area contributed by atoms with E-state index in [9.17, 15) is 24.9 Å². The summed E-state index contributed by atoms with van der Waals surface area (Å²) in [6.07, 6.45) is 13.2. The average molecular weight is 1670 g/mol. The Bertz CT molecular complexity index is 6710. The van der Waals surface area contributed by atoms with E-state index in [0.29, 0.717) is 40.4 Å². The van der Waals surface area contributed by atoms with Gasteiger partial charge < -0.3 is 69.8 Å². The lowest BCUT2D eigenvalue weighted by atomic mass is 9.86. The second kappa shape index (κ2) is 39.4. The Hall–Kier alpha value is -15.4. The van der Waals surface area contributed by atoms with Crippen LogP contribution < -0.4 is 23.7 Å². The number of nitrogens with one attached hydrogen (secondary N) is 2. The molecule has 0 saturated carbocycles. The number of H-pyrrole nitrogens is 2. The van der Waals surface area contributed by atoms with Crippen LogP contribution >= 0.6 is 0 Å². The standard InChI is InChI=1S/C22H24N2O.C20H16N2O.C15H15N3O2.C15H14N2O3.C14H15N3O.C14H15NO4/c1-6-24-20-13-17(25-5)11-12-18(20)19(14-23)21(24)15-7-9-16(10-8-15)22(2,3)4;1-3-22-19(12-9-15-7-5-4-6-8-15)18(14-21)17-11-10-16(23-2)13-20(17)22;1-3-18-9-12(13-6-7-16-17-13)11-5-4-10(8-14(11)18)15(19)20-2;1-3-17-9-12(14-6-7-16-20-14)11-5-4-10(8-13(11)17)15(18)19-2;1-3-17-9-12(13-6-7-15-16-13)11-5-4-10(18-2)8-14(11)17;1-3-15-7-10(14(16)17-4-2)9-5-12-13(6-11(9)15)19-8-18-12/h7-13H,6H2,1-5H3;4-8,10-11,13H,3H2,1-2H3;4-9H,3H2,1-2H3,(H,16,17);4-9H,3H2,1-2H3;4-9H,3H2,1-2H3,(H,15,16);5-7H,3-4,8H2,1-2H3. The highest BCUT2D eigenvalue weighted by Gasteiger charge is 2.25. The Morgan fingerprint density at radius 1 is 0.456 bits per heavy atom. The van der Waals surface area contributed by atoms with Gasteiger partial charge in [0.05, 0.1) is 115 Å². The fourth-order valence-corrected chi connectivity index (χ4v) is 15.4. The van der Waals surface area contributed by atoms with Gasteiger partial charge in [-0.2, -0.15) is 20.7 Å². The van der Waals surface area contributed by atoms with Crippen LogP contribution in [0.25, 0.3) is 111 Å². The second-order valence-corrected chi connectivity index (χ2v) is 29.8. The van der Waals surface area contributed by atoms with Crippen LogP contribution in [0.15, 0.2) is 224 Å². The quantitative estimate of drug-likeness (QED) is 0.0486. The minimum absolute atomic E-state index is 0.113. The van der Waals surface area contributed by atoms with E-state index in [4.69, 9.17) is 42.4 Å². The van der Waals surface area contributed by atoms with Crippen LogP contribution in [0.3, 0.4) is 0 Å². The van der Waals surface area contributed by atoms with Crippen molar-refractivity contribution in [2.24, 2.45) is 0 Å². The fraction of sp³-hybridized carbons (Fsp3) is 0.240. The third-order valence-corrected chi connectivity index (χ3v) is 21.7. The first kappa shape index (κ1) is 87.4. The van der Waals surface area contributed by atoms with Crippen LogP contribution in [0.2, 0.25) is 0 Å². The first-order chi connectivity index (χ1) is 60.7. The molecule has 0 radical (unpaired) electrons. The highest BCUT2D eigenvalue weighted by molar-refractivity contribution is 6.06. The van der Waals surface area contributed by atoms with Crippen LogP contribution in [0, 0.1) is 34.5 Å². The number of rotatable bonds is 17. The summed E-state index contributed by atoms with van der Waals surface area (Å²) in [5.74, 6) is 9.93. The summed E-state index contributed by atoms with van der Waals surface area (Å²) < 4.78 is 59.2. The van der Waals surface area contributed by atoms with Crippen molar-refractivity contribution in [3.05, 3.63) is 264 Å². The first-order valence-corrected chi connectivity index (χ1v) is 41.2. The number of aryl methyl sites for hydroxylation is 6. The number of carbonyl (C=O) groups is 3. The zero-order chi connectivity index (χ0) is 88.6. The smallest absolute Gasteiger partial charge is 0.340 e. The number of esters is 3. The van der Waals surface area contributed by atoms with Gasteiger partial charge in [0.2, 0.25) is 6.79 Å². The molecule has 0 spiro atoms. The predicted octanol–water partition coefficient (Wildman–Crippen LogP) is 21.0. The number of nitrogens with zero attached hydrogens (tertiary/aromatic N) is 11. The number of hydrogen-bond acceptors (Lipinski definition) is 17. The van der Waals surface area contributed by atoms with Crippen LogP contribution in [-0.2, 0) is 58.9 Å². The minimum atomic E-state index is -0.336. The molecule has 636 valence electrons. The topological polar surface area (TPSA) is 286 Å². The number of hydrogen-bond donors (Lipinski definition) is 2. The van der Waals surface area contributed by atoms with Crippen molar-refractivity contribution in [2.75, 3.05) is 48.9 Å². The van der Waals surface area contributed by atoms with E-state index in [1.807, 2.05) is 158 Å². The van der Waals surface area contributed by atoms with Crippen molar-refractivity contribution >= 4 is 83.3 Å². The van der Waals surface area contributed by atoms with Crippen LogP contribution in [0.5, 0.6) is 28.7 Å². The molecule has 0 fully saturated rings. The zero-order valence-electron chi connectivity index (χ0n) is 72.8.